The number of aryl methyl sites for hydroxylation is 1. The second-order valence-electron chi connectivity index (χ2n) is 4.67. The van der Waals surface area contributed by atoms with Gasteiger partial charge in [0.25, 0.3) is 0 Å². The van der Waals surface area contributed by atoms with Crippen LogP contribution in [0.3, 0.4) is 0 Å². The lowest BCUT2D eigenvalue weighted by Gasteiger charge is -2.25. The van der Waals surface area contributed by atoms with Crippen LogP contribution in [-0.2, 0) is 6.42 Å². The second kappa shape index (κ2) is 5.27. The molecule has 0 radical (unpaired) electrons. The minimum absolute atomic E-state index is 0.340. The first-order valence-corrected chi connectivity index (χ1v) is 7.61. The molecule has 0 saturated heterocycles. The van der Waals surface area contributed by atoms with Crippen molar-refractivity contribution in [3.63, 3.8) is 0 Å². The molecule has 1 atom stereocenters. The number of hydrogen-bond donors (Lipinski definition) is 2. The maximum Gasteiger partial charge on any atom is 0.106 e. The molecule has 5 heteroatoms. The average molecular weight is 289 g/mol. The summed E-state index contributed by atoms with van der Waals surface area (Å²) in [5, 5.41) is 5.72. The van der Waals surface area contributed by atoms with Gasteiger partial charge < -0.3 is 11.1 Å². The molecule has 0 aromatic carbocycles. The first kappa shape index (κ1) is 12.6. The quantitative estimate of drug-likeness (QED) is 0.852. The van der Waals surface area contributed by atoms with Gasteiger partial charge in [0.15, 0.2) is 0 Å². The van der Waals surface area contributed by atoms with Crippen molar-refractivity contribution in [3.8, 4) is 0 Å². The highest BCUT2D eigenvalue weighted by atomic mass is 32.1. The summed E-state index contributed by atoms with van der Waals surface area (Å²) >= 11 is 6.93. The number of nitrogens with one attached hydrogen (secondary N) is 1. The van der Waals surface area contributed by atoms with Gasteiger partial charge in [-0.2, -0.15) is 0 Å². The molecular weight excluding hydrogens is 274 g/mol. The number of rotatable bonds is 3. The topological polar surface area (TPSA) is 50.9 Å². The van der Waals surface area contributed by atoms with Crippen LogP contribution in [0, 0.1) is 0 Å². The summed E-state index contributed by atoms with van der Waals surface area (Å²) in [4.78, 5) is 6.06. The van der Waals surface area contributed by atoms with Crippen molar-refractivity contribution < 1.29 is 0 Å². The lowest BCUT2D eigenvalue weighted by molar-refractivity contribution is 0.608. The number of fused-ring (bicyclic) bond motifs is 1. The number of thiophene rings is 1. The van der Waals surface area contributed by atoms with E-state index in [1.807, 2.05) is 17.4 Å². The Morgan fingerprint density at radius 3 is 3.21 bits per heavy atom. The van der Waals surface area contributed by atoms with Crippen LogP contribution < -0.4 is 11.1 Å². The minimum atomic E-state index is 0.340. The Balaban J connectivity index is 1.90. The van der Waals surface area contributed by atoms with E-state index in [0.29, 0.717) is 11.0 Å². The molecule has 3 nitrogen and oxygen atoms in total. The zero-order valence-electron chi connectivity index (χ0n) is 10.4. The van der Waals surface area contributed by atoms with Gasteiger partial charge in [-0.05, 0) is 42.3 Å². The maximum atomic E-state index is 5.76. The normalized spacial score (nSPS) is 17.8. The van der Waals surface area contributed by atoms with Crippen LogP contribution in [0.25, 0.3) is 0 Å². The van der Waals surface area contributed by atoms with E-state index in [-0.39, 0.29) is 0 Å². The zero-order chi connectivity index (χ0) is 13.2. The molecule has 0 saturated carbocycles. The number of nitrogens with two attached hydrogens (primary N) is 1. The maximum absolute atomic E-state index is 5.76. The Morgan fingerprint density at radius 2 is 2.37 bits per heavy atom. The van der Waals surface area contributed by atoms with Crippen LogP contribution in [-0.4, -0.2) is 9.97 Å². The molecule has 98 valence electrons. The molecule has 19 heavy (non-hydrogen) atoms. The third kappa shape index (κ3) is 2.48. The van der Waals surface area contributed by atoms with Gasteiger partial charge >= 0.3 is 0 Å². The molecular formula is C14H15N3S2. The second-order valence-corrected chi connectivity index (χ2v) is 6.11. The summed E-state index contributed by atoms with van der Waals surface area (Å²) in [6.45, 7) is 0. The van der Waals surface area contributed by atoms with Gasteiger partial charge in [0, 0.05) is 16.6 Å². The summed E-state index contributed by atoms with van der Waals surface area (Å²) in [6.07, 6.45) is 7.06. The van der Waals surface area contributed by atoms with Gasteiger partial charge in [-0.15, -0.1) is 11.3 Å². The van der Waals surface area contributed by atoms with Crippen molar-refractivity contribution in [2.24, 2.45) is 5.73 Å². The van der Waals surface area contributed by atoms with Crippen LogP contribution in [0.1, 0.15) is 34.9 Å². The van der Waals surface area contributed by atoms with Crippen molar-refractivity contribution in [1.82, 2.24) is 4.98 Å². The number of hydrogen-bond acceptors (Lipinski definition) is 4. The van der Waals surface area contributed by atoms with Gasteiger partial charge in [-0.3, -0.25) is 4.98 Å². The number of aromatic nitrogens is 1. The van der Waals surface area contributed by atoms with Crippen LogP contribution in [0.15, 0.2) is 29.9 Å². The molecule has 1 aliphatic rings. The summed E-state index contributed by atoms with van der Waals surface area (Å²) in [5.41, 5.74) is 8.97. The first-order valence-electron chi connectivity index (χ1n) is 6.32. The van der Waals surface area contributed by atoms with Crippen LogP contribution in [0.2, 0.25) is 0 Å². The minimum Gasteiger partial charge on any atom is -0.389 e. The monoisotopic (exact) mass is 289 g/mol. The number of pyridine rings is 1. The lowest BCUT2D eigenvalue weighted by atomic mass is 9.93. The number of nitrogens with zero attached hydrogens (tertiary/aromatic N) is 1. The molecule has 1 aliphatic carbocycles. The summed E-state index contributed by atoms with van der Waals surface area (Å²) < 4.78 is 0. The molecule has 3 N–H and O–H groups in total. The van der Waals surface area contributed by atoms with E-state index in [0.717, 1.165) is 17.7 Å². The van der Waals surface area contributed by atoms with E-state index in [1.165, 1.54) is 23.3 Å². The number of anilines is 1. The van der Waals surface area contributed by atoms with Crippen LogP contribution >= 0.6 is 23.6 Å². The molecule has 3 rings (SSSR count). The molecule has 0 spiro atoms. The van der Waals surface area contributed by atoms with Crippen molar-refractivity contribution >= 4 is 34.2 Å². The Bertz CT molecular complexity index is 606. The van der Waals surface area contributed by atoms with Crippen LogP contribution in [0.4, 0.5) is 5.69 Å². The predicted octanol–water partition coefficient (Wildman–Crippen LogP) is 3.27. The highest BCUT2D eigenvalue weighted by molar-refractivity contribution is 7.80. The molecule has 0 fully saturated rings. The highest BCUT2D eigenvalue weighted by Crippen LogP contribution is 2.35. The standard InChI is InChI=1S/C14H15N3S2/c15-14(18)10-4-6-16-8-12(10)17-11-2-1-3-13-9(11)5-7-19-13/h4-8,11,17H,1-3H2,(H2,15,18). The fourth-order valence-electron chi connectivity index (χ4n) is 2.55. The number of thiocarbonyl (C=S) groups is 1. The van der Waals surface area contributed by atoms with Gasteiger partial charge in [0.1, 0.15) is 4.99 Å². The Morgan fingerprint density at radius 1 is 1.47 bits per heavy atom. The first-order chi connectivity index (χ1) is 9.25. The van der Waals surface area contributed by atoms with E-state index < -0.39 is 0 Å². The van der Waals surface area contributed by atoms with Crippen molar-refractivity contribution in [2.45, 2.75) is 25.3 Å². The van der Waals surface area contributed by atoms with E-state index in [2.05, 4.69) is 21.7 Å². The zero-order valence-corrected chi connectivity index (χ0v) is 12.1. The predicted molar refractivity (Wildman–Crippen MR) is 83.7 cm³/mol. The van der Waals surface area contributed by atoms with Gasteiger partial charge in [-0.25, -0.2) is 0 Å². The van der Waals surface area contributed by atoms with Gasteiger partial charge in [0.2, 0.25) is 0 Å². The fraction of sp³-hybridized carbons (Fsp3) is 0.286. The Hall–Kier alpha value is -1.46. The third-order valence-electron chi connectivity index (χ3n) is 3.47. The Kier molecular flexibility index (Phi) is 3.48. The fourth-order valence-corrected chi connectivity index (χ4v) is 3.71. The SMILES string of the molecule is NC(=S)c1ccncc1NC1CCCc2sccc21. The summed E-state index contributed by atoms with van der Waals surface area (Å²) in [7, 11) is 0. The molecule has 0 amide bonds. The molecule has 2 aromatic rings. The van der Waals surface area contributed by atoms with E-state index in [4.69, 9.17) is 18.0 Å². The van der Waals surface area contributed by atoms with E-state index in [9.17, 15) is 0 Å². The van der Waals surface area contributed by atoms with E-state index >= 15 is 0 Å². The molecule has 2 heterocycles. The highest BCUT2D eigenvalue weighted by Gasteiger charge is 2.21. The third-order valence-corrected chi connectivity index (χ3v) is 4.68. The average Bonchev–Trinajstić information content (AvgIpc) is 2.88. The summed E-state index contributed by atoms with van der Waals surface area (Å²) in [6, 6.07) is 4.42. The molecule has 0 bridgehead atoms. The molecule has 1 unspecified atom stereocenters. The van der Waals surface area contributed by atoms with Gasteiger partial charge in [0.05, 0.1) is 17.9 Å². The Labute approximate surface area is 121 Å². The van der Waals surface area contributed by atoms with Crippen molar-refractivity contribution in [3.05, 3.63) is 45.9 Å². The largest absolute Gasteiger partial charge is 0.389 e. The van der Waals surface area contributed by atoms with E-state index in [1.54, 1.807) is 12.4 Å². The van der Waals surface area contributed by atoms with Crippen LogP contribution in [0.5, 0.6) is 0 Å². The molecule has 0 aliphatic heterocycles. The summed E-state index contributed by atoms with van der Waals surface area (Å²) in [5.74, 6) is 0. The molecule has 2 aromatic heterocycles. The van der Waals surface area contributed by atoms with Crippen molar-refractivity contribution in [1.29, 1.82) is 0 Å². The lowest BCUT2D eigenvalue weighted by Crippen LogP contribution is -2.19. The van der Waals surface area contributed by atoms with Crippen molar-refractivity contribution in [2.75, 3.05) is 5.32 Å². The smallest absolute Gasteiger partial charge is 0.106 e. The van der Waals surface area contributed by atoms with Gasteiger partial charge in [-0.1, -0.05) is 12.2 Å².